The van der Waals surface area contributed by atoms with Crippen LogP contribution in [0, 0.1) is 5.92 Å². The van der Waals surface area contributed by atoms with Gasteiger partial charge in [-0.3, -0.25) is 0 Å². The van der Waals surface area contributed by atoms with Gasteiger partial charge in [-0.1, -0.05) is 24.1 Å². The van der Waals surface area contributed by atoms with E-state index in [1.54, 1.807) is 5.57 Å². The number of hydrogen-bond acceptors (Lipinski definition) is 1. The van der Waals surface area contributed by atoms with Crippen molar-refractivity contribution in [3.63, 3.8) is 0 Å². The van der Waals surface area contributed by atoms with Gasteiger partial charge in [0.1, 0.15) is 0 Å². The van der Waals surface area contributed by atoms with Crippen LogP contribution in [0.15, 0.2) is 23.8 Å². The van der Waals surface area contributed by atoms with E-state index >= 15 is 0 Å². The first kappa shape index (κ1) is 14.4. The minimum Gasteiger partial charge on any atom is -0.396 e. The van der Waals surface area contributed by atoms with Gasteiger partial charge in [-0.05, 0) is 51.9 Å². The lowest BCUT2D eigenvalue weighted by molar-refractivity contribution is 0.258. The number of aliphatic hydroxyl groups is 1. The molecule has 0 aromatic carbocycles. The lowest BCUT2D eigenvalue weighted by atomic mass is 9.94. The molecule has 0 saturated carbocycles. The average Bonchev–Trinajstić information content (AvgIpc) is 2.17. The molecule has 1 atom stereocenters. The first-order valence-electron chi connectivity index (χ1n) is 5.98. The number of aliphatic hydroxyl groups excluding tert-OH is 1. The Balaban J connectivity index is 3.97. The van der Waals surface area contributed by atoms with Gasteiger partial charge in [-0.15, -0.1) is 6.58 Å². The second kappa shape index (κ2) is 8.72. The van der Waals surface area contributed by atoms with Crippen LogP contribution in [0.3, 0.4) is 0 Å². The molecule has 0 amide bonds. The molecule has 0 bridgehead atoms. The van der Waals surface area contributed by atoms with Crippen LogP contribution in [-0.2, 0) is 0 Å². The lowest BCUT2D eigenvalue weighted by Gasteiger charge is -2.13. The lowest BCUT2D eigenvalue weighted by Crippen LogP contribution is -1.99. The molecule has 0 unspecified atom stereocenters. The first-order valence-corrected chi connectivity index (χ1v) is 5.98. The summed E-state index contributed by atoms with van der Waals surface area (Å²) in [4.78, 5) is 0. The van der Waals surface area contributed by atoms with E-state index in [1.165, 1.54) is 18.4 Å². The molecular formula is C14H26O. The largest absolute Gasteiger partial charge is 0.396 e. The third-order valence-corrected chi connectivity index (χ3v) is 2.92. The van der Waals surface area contributed by atoms with E-state index in [0.29, 0.717) is 12.5 Å². The van der Waals surface area contributed by atoms with Crippen LogP contribution in [0.1, 0.15) is 52.9 Å². The fourth-order valence-corrected chi connectivity index (χ4v) is 1.69. The van der Waals surface area contributed by atoms with Crippen molar-refractivity contribution in [2.24, 2.45) is 5.92 Å². The van der Waals surface area contributed by atoms with E-state index in [0.717, 1.165) is 19.3 Å². The summed E-state index contributed by atoms with van der Waals surface area (Å²) in [7, 11) is 0. The third kappa shape index (κ3) is 7.38. The second-order valence-corrected chi connectivity index (χ2v) is 4.59. The molecular weight excluding hydrogens is 184 g/mol. The zero-order valence-corrected chi connectivity index (χ0v) is 10.6. The van der Waals surface area contributed by atoms with Gasteiger partial charge in [0.25, 0.3) is 0 Å². The fraction of sp³-hybridized carbons (Fsp3) is 0.714. The highest BCUT2D eigenvalue weighted by Gasteiger charge is 2.04. The smallest absolute Gasteiger partial charge is 0.0433 e. The molecule has 0 saturated heterocycles. The average molecular weight is 210 g/mol. The molecule has 88 valence electrons. The van der Waals surface area contributed by atoms with Gasteiger partial charge >= 0.3 is 0 Å². The zero-order valence-electron chi connectivity index (χ0n) is 10.6. The Morgan fingerprint density at radius 2 is 1.93 bits per heavy atom. The topological polar surface area (TPSA) is 20.2 Å². The Morgan fingerprint density at radius 1 is 1.27 bits per heavy atom. The van der Waals surface area contributed by atoms with Crippen LogP contribution >= 0.6 is 0 Å². The van der Waals surface area contributed by atoms with Gasteiger partial charge in [0.15, 0.2) is 0 Å². The van der Waals surface area contributed by atoms with Crippen molar-refractivity contribution < 1.29 is 5.11 Å². The van der Waals surface area contributed by atoms with Gasteiger partial charge < -0.3 is 5.11 Å². The predicted molar refractivity (Wildman–Crippen MR) is 67.9 cm³/mol. The molecule has 1 nitrogen and oxygen atoms in total. The maximum Gasteiger partial charge on any atom is 0.0433 e. The van der Waals surface area contributed by atoms with E-state index in [9.17, 15) is 0 Å². The summed E-state index contributed by atoms with van der Waals surface area (Å²) in [6.45, 7) is 10.7. The van der Waals surface area contributed by atoms with Gasteiger partial charge in [-0.25, -0.2) is 0 Å². The summed E-state index contributed by atoms with van der Waals surface area (Å²) >= 11 is 0. The molecule has 0 rings (SSSR count). The molecule has 0 aromatic heterocycles. The molecule has 0 aliphatic heterocycles. The summed E-state index contributed by atoms with van der Waals surface area (Å²) in [6, 6.07) is 0. The van der Waals surface area contributed by atoms with Crippen molar-refractivity contribution in [3.05, 3.63) is 23.8 Å². The molecule has 0 spiro atoms. The third-order valence-electron chi connectivity index (χ3n) is 2.92. The van der Waals surface area contributed by atoms with E-state index in [-0.39, 0.29) is 0 Å². The molecule has 0 aliphatic carbocycles. The van der Waals surface area contributed by atoms with Crippen LogP contribution in [-0.4, -0.2) is 11.7 Å². The molecule has 1 heteroatoms. The highest BCUT2D eigenvalue weighted by atomic mass is 16.3. The van der Waals surface area contributed by atoms with Crippen molar-refractivity contribution in [2.75, 3.05) is 6.61 Å². The SMILES string of the molecule is C=CCCC(CC[C@H](C)CCO)=C(C)C. The van der Waals surface area contributed by atoms with Gasteiger partial charge in [0.05, 0.1) is 0 Å². The van der Waals surface area contributed by atoms with E-state index in [4.69, 9.17) is 5.11 Å². The van der Waals surface area contributed by atoms with Crippen molar-refractivity contribution in [2.45, 2.75) is 52.9 Å². The minimum absolute atomic E-state index is 0.317. The summed E-state index contributed by atoms with van der Waals surface area (Å²) in [5, 5.41) is 8.83. The molecule has 0 aliphatic rings. The number of rotatable bonds is 8. The first-order chi connectivity index (χ1) is 7.11. The summed E-state index contributed by atoms with van der Waals surface area (Å²) < 4.78 is 0. The Bertz CT molecular complexity index is 199. The molecule has 0 radical (unpaired) electrons. The maximum atomic E-state index is 8.83. The van der Waals surface area contributed by atoms with Crippen molar-refractivity contribution in [3.8, 4) is 0 Å². The van der Waals surface area contributed by atoms with Crippen molar-refractivity contribution >= 4 is 0 Å². The second-order valence-electron chi connectivity index (χ2n) is 4.59. The highest BCUT2D eigenvalue weighted by Crippen LogP contribution is 2.21. The Morgan fingerprint density at radius 3 is 2.40 bits per heavy atom. The molecule has 15 heavy (non-hydrogen) atoms. The summed E-state index contributed by atoms with van der Waals surface area (Å²) in [5.74, 6) is 0.632. The molecule has 1 N–H and O–H groups in total. The van der Waals surface area contributed by atoms with Crippen LogP contribution in [0.25, 0.3) is 0 Å². The normalized spacial score (nSPS) is 12.3. The molecule has 0 fully saturated rings. The minimum atomic E-state index is 0.317. The Kier molecular flexibility index (Phi) is 8.40. The standard InChI is InChI=1S/C14H26O/c1-5-6-7-14(12(2)3)9-8-13(4)10-11-15/h5,13,15H,1,6-11H2,2-4H3/t13-/m0/s1. The van der Waals surface area contributed by atoms with Crippen LogP contribution in [0.5, 0.6) is 0 Å². The van der Waals surface area contributed by atoms with Crippen LogP contribution in [0.2, 0.25) is 0 Å². The fourth-order valence-electron chi connectivity index (χ4n) is 1.69. The number of allylic oxidation sites excluding steroid dienone is 3. The van der Waals surface area contributed by atoms with Crippen molar-refractivity contribution in [1.82, 2.24) is 0 Å². The maximum absolute atomic E-state index is 8.83. The van der Waals surface area contributed by atoms with Crippen LogP contribution in [0.4, 0.5) is 0 Å². The predicted octanol–water partition coefficient (Wildman–Crippen LogP) is 4.09. The summed E-state index contributed by atoms with van der Waals surface area (Å²) in [6.07, 6.45) is 7.51. The quantitative estimate of drug-likeness (QED) is 0.598. The van der Waals surface area contributed by atoms with E-state index < -0.39 is 0 Å². The zero-order chi connectivity index (χ0) is 11.7. The van der Waals surface area contributed by atoms with E-state index in [1.807, 2.05) is 6.08 Å². The van der Waals surface area contributed by atoms with Crippen LogP contribution < -0.4 is 0 Å². The molecule has 0 heterocycles. The number of hydrogen-bond donors (Lipinski definition) is 1. The van der Waals surface area contributed by atoms with Gasteiger partial charge in [0.2, 0.25) is 0 Å². The molecule has 0 aromatic rings. The Labute approximate surface area is 94.9 Å². The highest BCUT2D eigenvalue weighted by molar-refractivity contribution is 5.10. The van der Waals surface area contributed by atoms with Gasteiger partial charge in [-0.2, -0.15) is 0 Å². The summed E-state index contributed by atoms with van der Waals surface area (Å²) in [5.41, 5.74) is 3.02. The van der Waals surface area contributed by atoms with E-state index in [2.05, 4.69) is 27.4 Å². The monoisotopic (exact) mass is 210 g/mol. The Hall–Kier alpha value is -0.560. The van der Waals surface area contributed by atoms with Crippen molar-refractivity contribution in [1.29, 1.82) is 0 Å². The van der Waals surface area contributed by atoms with Gasteiger partial charge in [0, 0.05) is 6.61 Å².